The predicted octanol–water partition coefficient (Wildman–Crippen LogP) is -1.43. The Morgan fingerprint density at radius 1 is 1.04 bits per heavy atom. The number of hydrogen-bond acceptors (Lipinski definition) is 7. The van der Waals surface area contributed by atoms with E-state index in [9.17, 15) is 0 Å². The summed E-state index contributed by atoms with van der Waals surface area (Å²) in [6.07, 6.45) is -0.125. The monoisotopic (exact) mass is 357 g/mol. The van der Waals surface area contributed by atoms with Crippen LogP contribution in [0.5, 0.6) is 0 Å². The average molecular weight is 357 g/mol. The zero-order valence-corrected chi connectivity index (χ0v) is 16.6. The lowest BCUT2D eigenvalue weighted by Crippen LogP contribution is -2.49. The minimum absolute atomic E-state index is 0.0217. The van der Waals surface area contributed by atoms with Gasteiger partial charge in [0.15, 0.2) is 0 Å². The number of methoxy groups -OCH3 is 2. The molecule has 0 aromatic heterocycles. The third-order valence-corrected chi connectivity index (χ3v) is 5.19. The van der Waals surface area contributed by atoms with Crippen LogP contribution < -0.4 is 0 Å². The van der Waals surface area contributed by atoms with Crippen molar-refractivity contribution in [2.45, 2.75) is 24.3 Å². The van der Waals surface area contributed by atoms with Gasteiger partial charge in [-0.05, 0) is 14.1 Å². The normalized spacial score (nSPS) is 31.9. The maximum Gasteiger partial charge on any atom is 0.142 e. The van der Waals surface area contributed by atoms with Crippen molar-refractivity contribution < 1.29 is 18.9 Å². The van der Waals surface area contributed by atoms with Crippen LogP contribution in [0, 0.1) is 0 Å². The summed E-state index contributed by atoms with van der Waals surface area (Å²) in [5.41, 5.74) is 0. The van der Waals surface area contributed by atoms with Gasteiger partial charge in [-0.1, -0.05) is 0 Å². The van der Waals surface area contributed by atoms with Crippen LogP contribution in [0.1, 0.15) is 0 Å². The molecule has 4 atom stereocenters. The number of likely N-dealkylation sites (N-methyl/N-ethyl adjacent to an activating group) is 1. The first kappa shape index (κ1) is 21.1. The fraction of sp³-hybridized carbons (Fsp3) is 1.00. The standard InChI is InChI=1S/C17H36BN3O4/c1-19(2)5-6-20-7-9-21(10-8-20)11-12-24-16-15(23-4)14(13-22-3)25-17(16)18/h14-17H,5-13,18H2,1-4H3/t14-,15?,16+,17-/m1/s1. The van der Waals surface area contributed by atoms with Gasteiger partial charge in [-0.3, -0.25) is 9.80 Å². The van der Waals surface area contributed by atoms with Crippen LogP contribution in [-0.2, 0) is 18.9 Å². The second-order valence-electron chi connectivity index (χ2n) is 7.36. The van der Waals surface area contributed by atoms with E-state index in [1.165, 1.54) is 0 Å². The average Bonchev–Trinajstić information content (AvgIpc) is 2.89. The maximum atomic E-state index is 6.14. The van der Waals surface area contributed by atoms with Crippen molar-refractivity contribution in [1.29, 1.82) is 0 Å². The van der Waals surface area contributed by atoms with Crippen LogP contribution in [0.3, 0.4) is 0 Å². The lowest BCUT2D eigenvalue weighted by atomic mass is 9.93. The third kappa shape index (κ3) is 6.47. The molecule has 7 nitrogen and oxygen atoms in total. The largest absolute Gasteiger partial charge is 0.382 e. The van der Waals surface area contributed by atoms with Gasteiger partial charge in [0.1, 0.15) is 26.2 Å². The van der Waals surface area contributed by atoms with Gasteiger partial charge in [0.2, 0.25) is 0 Å². The Kier molecular flexibility index (Phi) is 9.13. The van der Waals surface area contributed by atoms with Gasteiger partial charge >= 0.3 is 0 Å². The summed E-state index contributed by atoms with van der Waals surface area (Å²) in [6, 6.07) is 0.0352. The van der Waals surface area contributed by atoms with E-state index < -0.39 is 0 Å². The van der Waals surface area contributed by atoms with Crippen molar-refractivity contribution in [2.75, 3.05) is 87.3 Å². The number of ether oxygens (including phenoxy) is 4. The van der Waals surface area contributed by atoms with Crippen LogP contribution in [0.2, 0.25) is 0 Å². The van der Waals surface area contributed by atoms with E-state index in [2.05, 4.69) is 36.6 Å². The van der Waals surface area contributed by atoms with Gasteiger partial charge in [0.25, 0.3) is 0 Å². The lowest BCUT2D eigenvalue weighted by molar-refractivity contribution is -0.0593. The minimum Gasteiger partial charge on any atom is -0.382 e. The van der Waals surface area contributed by atoms with Crippen molar-refractivity contribution >= 4 is 7.85 Å². The van der Waals surface area contributed by atoms with Crippen molar-refractivity contribution in [3.8, 4) is 0 Å². The molecular formula is C17H36BN3O4. The maximum absolute atomic E-state index is 6.14. The highest BCUT2D eigenvalue weighted by Gasteiger charge is 2.43. The van der Waals surface area contributed by atoms with Crippen LogP contribution >= 0.6 is 0 Å². The van der Waals surface area contributed by atoms with Crippen LogP contribution in [0.4, 0.5) is 0 Å². The Morgan fingerprint density at radius 2 is 1.68 bits per heavy atom. The van der Waals surface area contributed by atoms with Crippen molar-refractivity contribution in [3.05, 3.63) is 0 Å². The fourth-order valence-electron chi connectivity index (χ4n) is 3.62. The third-order valence-electron chi connectivity index (χ3n) is 5.19. The predicted molar refractivity (Wildman–Crippen MR) is 101 cm³/mol. The molecule has 146 valence electrons. The molecule has 0 amide bonds. The molecule has 0 bridgehead atoms. The van der Waals surface area contributed by atoms with Gasteiger partial charge in [-0.15, -0.1) is 0 Å². The molecule has 2 saturated heterocycles. The first-order chi connectivity index (χ1) is 12.0. The zero-order chi connectivity index (χ0) is 18.2. The molecule has 2 aliphatic rings. The molecule has 0 N–H and O–H groups in total. The van der Waals surface area contributed by atoms with E-state index in [4.69, 9.17) is 18.9 Å². The molecule has 0 spiro atoms. The number of rotatable bonds is 10. The number of hydrogen-bond donors (Lipinski definition) is 0. The summed E-state index contributed by atoms with van der Waals surface area (Å²) in [5.74, 6) is 0. The first-order valence-electron chi connectivity index (χ1n) is 9.43. The molecule has 8 heteroatoms. The molecule has 25 heavy (non-hydrogen) atoms. The van der Waals surface area contributed by atoms with Gasteiger partial charge in [-0.25, -0.2) is 0 Å². The molecule has 0 saturated carbocycles. The zero-order valence-electron chi connectivity index (χ0n) is 16.6. The molecule has 2 fully saturated rings. The number of piperazine rings is 1. The molecule has 0 radical (unpaired) electrons. The highest BCUT2D eigenvalue weighted by atomic mass is 16.6. The molecular weight excluding hydrogens is 321 g/mol. The van der Waals surface area contributed by atoms with E-state index in [1.807, 2.05) is 0 Å². The molecule has 0 aromatic rings. The lowest BCUT2D eigenvalue weighted by Gasteiger charge is -2.35. The molecule has 0 aliphatic carbocycles. The first-order valence-corrected chi connectivity index (χ1v) is 9.43. The summed E-state index contributed by atoms with van der Waals surface area (Å²) in [7, 11) is 9.72. The Labute approximate surface area is 153 Å². The Balaban J connectivity index is 1.65. The molecule has 2 rings (SSSR count). The minimum atomic E-state index is -0.0576. The Bertz CT molecular complexity index is 370. The quantitative estimate of drug-likeness (QED) is 0.445. The van der Waals surface area contributed by atoms with Gasteiger partial charge < -0.3 is 23.8 Å². The summed E-state index contributed by atoms with van der Waals surface area (Å²) < 4.78 is 22.9. The van der Waals surface area contributed by atoms with E-state index in [0.29, 0.717) is 6.61 Å². The molecule has 0 aromatic carbocycles. The van der Waals surface area contributed by atoms with Crippen molar-refractivity contribution in [2.24, 2.45) is 0 Å². The van der Waals surface area contributed by atoms with E-state index in [0.717, 1.165) is 52.4 Å². The number of nitrogens with zero attached hydrogens (tertiary/aromatic N) is 3. The Morgan fingerprint density at radius 3 is 2.24 bits per heavy atom. The summed E-state index contributed by atoms with van der Waals surface area (Å²) >= 11 is 0. The fourth-order valence-corrected chi connectivity index (χ4v) is 3.62. The van der Waals surface area contributed by atoms with Crippen LogP contribution in [0.15, 0.2) is 0 Å². The summed E-state index contributed by atoms with van der Waals surface area (Å²) in [4.78, 5) is 7.27. The summed E-state index contributed by atoms with van der Waals surface area (Å²) in [6.45, 7) is 9.04. The Hall–Kier alpha value is -0.215. The smallest absolute Gasteiger partial charge is 0.142 e. The van der Waals surface area contributed by atoms with E-state index >= 15 is 0 Å². The van der Waals surface area contributed by atoms with Gasteiger partial charge in [0.05, 0.1) is 19.2 Å². The summed E-state index contributed by atoms with van der Waals surface area (Å²) in [5, 5.41) is 0. The van der Waals surface area contributed by atoms with Crippen LogP contribution in [-0.4, -0.2) is 134 Å². The molecule has 2 aliphatic heterocycles. The second kappa shape index (κ2) is 10.8. The van der Waals surface area contributed by atoms with Crippen molar-refractivity contribution in [1.82, 2.24) is 14.7 Å². The molecule has 2 heterocycles. The highest BCUT2D eigenvalue weighted by molar-refractivity contribution is 6.11. The van der Waals surface area contributed by atoms with E-state index in [1.54, 1.807) is 14.2 Å². The highest BCUT2D eigenvalue weighted by Crippen LogP contribution is 2.24. The van der Waals surface area contributed by atoms with Crippen LogP contribution in [0.25, 0.3) is 0 Å². The topological polar surface area (TPSA) is 46.6 Å². The van der Waals surface area contributed by atoms with Gasteiger partial charge in [-0.2, -0.15) is 0 Å². The molecule has 1 unspecified atom stereocenters. The van der Waals surface area contributed by atoms with E-state index in [-0.39, 0.29) is 24.3 Å². The van der Waals surface area contributed by atoms with Crippen molar-refractivity contribution in [3.63, 3.8) is 0 Å². The van der Waals surface area contributed by atoms with Gasteiger partial charge in [0, 0.05) is 60.0 Å². The second-order valence-corrected chi connectivity index (χ2v) is 7.36. The SMILES string of the molecule is B[C@@H]1O[C@H](COC)C(OC)[C@@H]1OCCN1CCN(CCN(C)C)CC1.